The van der Waals surface area contributed by atoms with Crippen LogP contribution in [-0.2, 0) is 0 Å². The van der Waals surface area contributed by atoms with Crippen molar-refractivity contribution < 1.29 is 4.74 Å². The average molecular weight is 192 g/mol. The molecule has 0 aliphatic rings. The van der Waals surface area contributed by atoms with Crippen LogP contribution in [0.25, 0.3) is 10.9 Å². The zero-order valence-corrected chi connectivity index (χ0v) is 9.09. The van der Waals surface area contributed by atoms with Crippen LogP contribution in [0.5, 0.6) is 5.75 Å². The molecule has 2 rings (SSSR count). The summed E-state index contributed by atoms with van der Waals surface area (Å²) in [4.78, 5) is 0. The van der Waals surface area contributed by atoms with Gasteiger partial charge in [-0.05, 0) is 19.1 Å². The molecule has 1 aromatic heterocycles. The highest BCUT2D eigenvalue weighted by molar-refractivity contribution is 5.83. The molecule has 0 saturated carbocycles. The lowest BCUT2D eigenvalue weighted by Crippen LogP contribution is -1.86. The van der Waals surface area contributed by atoms with Crippen molar-refractivity contribution in [3.8, 4) is 5.75 Å². The molecule has 0 aliphatic heterocycles. The molecule has 0 amide bonds. The predicted molar refractivity (Wildman–Crippen MR) is 58.7 cm³/mol. The zero-order chi connectivity index (χ0) is 10.6. The number of aromatic nitrogens is 2. The number of nitrogens with one attached hydrogen (secondary N) is 1. The van der Waals surface area contributed by atoms with Gasteiger partial charge in [0.15, 0.2) is 0 Å². The fourth-order valence-electron chi connectivity index (χ4n) is 1.36. The lowest BCUT2D eigenvalue weighted by molar-refractivity contribution is 0.412. The topological polar surface area (TPSA) is 37.9 Å². The van der Waals surface area contributed by atoms with Gasteiger partial charge in [-0.3, -0.25) is 5.10 Å². The molecule has 0 spiro atoms. The number of rotatable bonds is 1. The third-order valence-corrected chi connectivity index (χ3v) is 2.06. The Balaban J connectivity index is 0.000000461. The van der Waals surface area contributed by atoms with Crippen LogP contribution < -0.4 is 4.74 Å². The Hall–Kier alpha value is -1.51. The fraction of sp³-hybridized carbons (Fsp3) is 0.364. The SMILES string of the molecule is CC.COc1ccc2[nH]ncc2c1C. The van der Waals surface area contributed by atoms with E-state index >= 15 is 0 Å². The van der Waals surface area contributed by atoms with Crippen LogP contribution >= 0.6 is 0 Å². The van der Waals surface area contributed by atoms with Crippen LogP contribution in [-0.4, -0.2) is 17.3 Å². The van der Waals surface area contributed by atoms with Crippen LogP contribution in [0.3, 0.4) is 0 Å². The summed E-state index contributed by atoms with van der Waals surface area (Å²) in [5.41, 5.74) is 2.18. The lowest BCUT2D eigenvalue weighted by Gasteiger charge is -2.03. The molecular weight excluding hydrogens is 176 g/mol. The zero-order valence-electron chi connectivity index (χ0n) is 9.09. The van der Waals surface area contributed by atoms with Gasteiger partial charge < -0.3 is 4.74 Å². The summed E-state index contributed by atoms with van der Waals surface area (Å²) in [6, 6.07) is 3.91. The minimum atomic E-state index is 0.906. The standard InChI is InChI=1S/C9H10N2O.C2H6/c1-6-7-5-10-11-8(7)3-4-9(6)12-2;1-2/h3-5H,1-2H3,(H,10,11);1-2H3. The normalized spacial score (nSPS) is 9.43. The van der Waals surface area contributed by atoms with Crippen molar-refractivity contribution in [2.24, 2.45) is 0 Å². The number of aromatic amines is 1. The van der Waals surface area contributed by atoms with Gasteiger partial charge in [0.25, 0.3) is 0 Å². The molecule has 0 fully saturated rings. The monoisotopic (exact) mass is 192 g/mol. The van der Waals surface area contributed by atoms with E-state index in [0.29, 0.717) is 0 Å². The van der Waals surface area contributed by atoms with Crippen molar-refractivity contribution in [2.45, 2.75) is 20.8 Å². The molecule has 0 atom stereocenters. The summed E-state index contributed by atoms with van der Waals surface area (Å²) in [5, 5.41) is 7.98. The predicted octanol–water partition coefficient (Wildman–Crippen LogP) is 2.91. The van der Waals surface area contributed by atoms with Gasteiger partial charge in [0.2, 0.25) is 0 Å². The first-order valence-electron chi connectivity index (χ1n) is 4.79. The van der Waals surface area contributed by atoms with Crippen LogP contribution in [0.2, 0.25) is 0 Å². The minimum absolute atomic E-state index is 0.906. The van der Waals surface area contributed by atoms with Crippen molar-refractivity contribution >= 4 is 10.9 Å². The highest BCUT2D eigenvalue weighted by Gasteiger charge is 2.03. The third kappa shape index (κ3) is 1.71. The second-order valence-corrected chi connectivity index (χ2v) is 2.72. The van der Waals surface area contributed by atoms with E-state index in [9.17, 15) is 0 Å². The molecule has 14 heavy (non-hydrogen) atoms. The van der Waals surface area contributed by atoms with E-state index in [-0.39, 0.29) is 0 Å². The fourth-order valence-corrected chi connectivity index (χ4v) is 1.36. The Morgan fingerprint density at radius 1 is 1.29 bits per heavy atom. The number of fused-ring (bicyclic) bond motifs is 1. The highest BCUT2D eigenvalue weighted by atomic mass is 16.5. The van der Waals surface area contributed by atoms with Gasteiger partial charge >= 0.3 is 0 Å². The Morgan fingerprint density at radius 2 is 2.00 bits per heavy atom. The lowest BCUT2D eigenvalue weighted by atomic mass is 10.1. The number of benzene rings is 1. The number of hydrogen-bond donors (Lipinski definition) is 1. The summed E-state index contributed by atoms with van der Waals surface area (Å²) >= 11 is 0. The van der Waals surface area contributed by atoms with E-state index in [0.717, 1.165) is 22.2 Å². The molecule has 0 aliphatic carbocycles. The Bertz CT molecular complexity index is 407. The second kappa shape index (κ2) is 4.65. The maximum Gasteiger partial charge on any atom is 0.122 e. The summed E-state index contributed by atoms with van der Waals surface area (Å²) in [6.07, 6.45) is 1.81. The quantitative estimate of drug-likeness (QED) is 0.754. The van der Waals surface area contributed by atoms with E-state index < -0.39 is 0 Å². The van der Waals surface area contributed by atoms with Gasteiger partial charge in [-0.1, -0.05) is 13.8 Å². The highest BCUT2D eigenvalue weighted by Crippen LogP contribution is 2.24. The molecule has 3 heteroatoms. The molecule has 1 N–H and O–H groups in total. The van der Waals surface area contributed by atoms with E-state index in [1.54, 1.807) is 7.11 Å². The van der Waals surface area contributed by atoms with Gasteiger partial charge in [0, 0.05) is 10.9 Å². The summed E-state index contributed by atoms with van der Waals surface area (Å²) in [6.45, 7) is 6.02. The van der Waals surface area contributed by atoms with Crippen LogP contribution in [0.4, 0.5) is 0 Å². The number of aryl methyl sites for hydroxylation is 1. The van der Waals surface area contributed by atoms with Crippen LogP contribution in [0, 0.1) is 6.92 Å². The molecule has 0 radical (unpaired) electrons. The minimum Gasteiger partial charge on any atom is -0.496 e. The molecule has 2 aromatic rings. The summed E-state index contributed by atoms with van der Waals surface area (Å²) in [7, 11) is 1.67. The maximum atomic E-state index is 5.18. The smallest absolute Gasteiger partial charge is 0.122 e. The van der Waals surface area contributed by atoms with Crippen molar-refractivity contribution in [1.82, 2.24) is 10.2 Å². The first-order valence-corrected chi connectivity index (χ1v) is 4.79. The summed E-state index contributed by atoms with van der Waals surface area (Å²) < 4.78 is 5.18. The molecule has 0 unspecified atom stereocenters. The van der Waals surface area contributed by atoms with E-state index in [1.807, 2.05) is 39.1 Å². The average Bonchev–Trinajstić information content (AvgIpc) is 2.70. The first-order chi connectivity index (χ1) is 6.83. The third-order valence-electron chi connectivity index (χ3n) is 2.06. The molecule has 76 valence electrons. The number of methoxy groups -OCH3 is 1. The molecule has 3 nitrogen and oxygen atoms in total. The van der Waals surface area contributed by atoms with Crippen molar-refractivity contribution in [1.29, 1.82) is 0 Å². The maximum absolute atomic E-state index is 5.18. The van der Waals surface area contributed by atoms with E-state index in [4.69, 9.17) is 4.74 Å². The number of ether oxygens (including phenoxy) is 1. The van der Waals surface area contributed by atoms with Gasteiger partial charge in [-0.2, -0.15) is 5.10 Å². The Labute approximate surface area is 84.1 Å². The number of H-pyrrole nitrogens is 1. The first kappa shape index (κ1) is 10.6. The second-order valence-electron chi connectivity index (χ2n) is 2.72. The number of nitrogens with zero attached hydrogens (tertiary/aromatic N) is 1. The summed E-state index contributed by atoms with van der Waals surface area (Å²) in [5.74, 6) is 0.906. The van der Waals surface area contributed by atoms with E-state index in [1.165, 1.54) is 0 Å². The molecular formula is C11H16N2O. The van der Waals surface area contributed by atoms with Crippen molar-refractivity contribution in [3.63, 3.8) is 0 Å². The molecule has 1 aromatic carbocycles. The van der Waals surface area contributed by atoms with Crippen LogP contribution in [0.15, 0.2) is 18.3 Å². The van der Waals surface area contributed by atoms with Gasteiger partial charge in [0.1, 0.15) is 5.75 Å². The molecule has 0 bridgehead atoms. The molecule has 0 saturated heterocycles. The van der Waals surface area contributed by atoms with Gasteiger partial charge in [-0.15, -0.1) is 0 Å². The Morgan fingerprint density at radius 3 is 2.64 bits per heavy atom. The van der Waals surface area contributed by atoms with Gasteiger partial charge in [0.05, 0.1) is 18.8 Å². The number of hydrogen-bond acceptors (Lipinski definition) is 2. The van der Waals surface area contributed by atoms with Crippen LogP contribution in [0.1, 0.15) is 19.4 Å². The van der Waals surface area contributed by atoms with Crippen molar-refractivity contribution in [2.75, 3.05) is 7.11 Å². The largest absolute Gasteiger partial charge is 0.496 e. The Kier molecular flexibility index (Phi) is 3.51. The molecule has 1 heterocycles. The van der Waals surface area contributed by atoms with Gasteiger partial charge in [-0.25, -0.2) is 0 Å². The van der Waals surface area contributed by atoms with E-state index in [2.05, 4.69) is 10.2 Å². The van der Waals surface area contributed by atoms with Crippen molar-refractivity contribution in [3.05, 3.63) is 23.9 Å².